The molecule has 0 unspecified atom stereocenters. The molecular weight excluding hydrogens is 212 g/mol. The highest BCUT2D eigenvalue weighted by molar-refractivity contribution is 5.92. The second-order valence-corrected chi connectivity index (χ2v) is 4.23. The van der Waals surface area contributed by atoms with Crippen LogP contribution in [0.2, 0.25) is 0 Å². The van der Waals surface area contributed by atoms with E-state index in [1.54, 1.807) is 0 Å². The van der Waals surface area contributed by atoms with Gasteiger partial charge in [-0.3, -0.25) is 0 Å². The molecule has 2 aromatic carbocycles. The topological polar surface area (TPSA) is 37.3 Å². The third-order valence-electron chi connectivity index (χ3n) is 2.79. The van der Waals surface area contributed by atoms with Gasteiger partial charge in [0.1, 0.15) is 0 Å². The van der Waals surface area contributed by atoms with Crippen molar-refractivity contribution < 1.29 is 9.90 Å². The van der Waals surface area contributed by atoms with Gasteiger partial charge in [0, 0.05) is 6.08 Å². The minimum Gasteiger partial charge on any atom is -0.478 e. The van der Waals surface area contributed by atoms with Gasteiger partial charge in [0.05, 0.1) is 0 Å². The highest BCUT2D eigenvalue weighted by atomic mass is 16.4. The van der Waals surface area contributed by atoms with Crippen LogP contribution in [-0.4, -0.2) is 11.1 Å². The van der Waals surface area contributed by atoms with Gasteiger partial charge in [0.2, 0.25) is 0 Å². The summed E-state index contributed by atoms with van der Waals surface area (Å²) in [6.45, 7) is 3.87. The van der Waals surface area contributed by atoms with Gasteiger partial charge >= 0.3 is 5.97 Å². The number of carboxylic acids is 1. The number of carboxylic acid groups (broad SMARTS) is 1. The van der Waals surface area contributed by atoms with Crippen molar-refractivity contribution in [2.75, 3.05) is 0 Å². The zero-order valence-corrected chi connectivity index (χ0v) is 9.90. The van der Waals surface area contributed by atoms with Crippen molar-refractivity contribution in [3.05, 3.63) is 53.6 Å². The normalized spacial score (nSPS) is 11.8. The van der Waals surface area contributed by atoms with E-state index >= 15 is 0 Å². The molecule has 0 radical (unpaired) electrons. The molecule has 86 valence electrons. The molecule has 0 spiro atoms. The molecule has 0 atom stereocenters. The Morgan fingerprint density at radius 2 is 1.76 bits per heavy atom. The molecule has 0 saturated heterocycles. The molecule has 17 heavy (non-hydrogen) atoms. The molecule has 0 amide bonds. The molecule has 2 heteroatoms. The van der Waals surface area contributed by atoms with Crippen LogP contribution in [0.15, 0.2) is 42.5 Å². The number of allylic oxidation sites excluding steroid dienone is 1. The Kier molecular flexibility index (Phi) is 2.96. The first-order valence-corrected chi connectivity index (χ1v) is 5.48. The summed E-state index contributed by atoms with van der Waals surface area (Å²) >= 11 is 0. The van der Waals surface area contributed by atoms with E-state index in [-0.39, 0.29) is 0 Å². The predicted molar refractivity (Wildman–Crippen MR) is 70.0 cm³/mol. The van der Waals surface area contributed by atoms with Gasteiger partial charge in [0.25, 0.3) is 0 Å². The Balaban J connectivity index is 2.52. The van der Waals surface area contributed by atoms with Crippen molar-refractivity contribution in [3.8, 4) is 0 Å². The molecule has 2 aromatic rings. The van der Waals surface area contributed by atoms with Crippen molar-refractivity contribution in [1.82, 2.24) is 0 Å². The first kappa shape index (κ1) is 11.4. The Labute approximate surface area is 100 Å². The van der Waals surface area contributed by atoms with Gasteiger partial charge in [-0.15, -0.1) is 0 Å². The Morgan fingerprint density at radius 3 is 2.47 bits per heavy atom. The van der Waals surface area contributed by atoms with Gasteiger partial charge in [-0.05, 0) is 41.8 Å². The van der Waals surface area contributed by atoms with Crippen LogP contribution in [0.3, 0.4) is 0 Å². The minimum atomic E-state index is -0.911. The van der Waals surface area contributed by atoms with Crippen molar-refractivity contribution in [2.45, 2.75) is 13.8 Å². The molecule has 2 rings (SSSR count). The van der Waals surface area contributed by atoms with Gasteiger partial charge in [-0.1, -0.05) is 35.9 Å². The lowest BCUT2D eigenvalue weighted by atomic mass is 10.0. The summed E-state index contributed by atoms with van der Waals surface area (Å²) in [6.07, 6.45) is 1.23. The van der Waals surface area contributed by atoms with E-state index in [0.29, 0.717) is 0 Å². The summed E-state index contributed by atoms with van der Waals surface area (Å²) in [6, 6.07) is 12.2. The molecule has 0 fully saturated rings. The molecule has 0 saturated carbocycles. The number of fused-ring (bicyclic) bond motifs is 1. The van der Waals surface area contributed by atoms with E-state index in [1.807, 2.05) is 25.1 Å². The van der Waals surface area contributed by atoms with Gasteiger partial charge in [-0.25, -0.2) is 4.79 Å². The van der Waals surface area contributed by atoms with Crippen LogP contribution in [0, 0.1) is 6.92 Å². The van der Waals surface area contributed by atoms with Crippen LogP contribution in [0.4, 0.5) is 0 Å². The summed E-state index contributed by atoms with van der Waals surface area (Å²) in [7, 11) is 0. The van der Waals surface area contributed by atoms with Crippen LogP contribution >= 0.6 is 0 Å². The van der Waals surface area contributed by atoms with Crippen molar-refractivity contribution in [1.29, 1.82) is 0 Å². The summed E-state index contributed by atoms with van der Waals surface area (Å²) in [5.74, 6) is -0.911. The van der Waals surface area contributed by atoms with E-state index in [9.17, 15) is 4.79 Å². The fourth-order valence-corrected chi connectivity index (χ4v) is 1.88. The summed E-state index contributed by atoms with van der Waals surface area (Å²) in [4.78, 5) is 10.6. The number of benzene rings is 2. The Morgan fingerprint density at radius 1 is 1.12 bits per heavy atom. The average Bonchev–Trinajstić information content (AvgIpc) is 2.27. The summed E-state index contributed by atoms with van der Waals surface area (Å²) < 4.78 is 0. The first-order chi connectivity index (χ1) is 8.06. The van der Waals surface area contributed by atoms with Gasteiger partial charge in [0.15, 0.2) is 0 Å². The molecule has 1 N–H and O–H groups in total. The largest absolute Gasteiger partial charge is 0.478 e. The molecule has 0 aromatic heterocycles. The smallest absolute Gasteiger partial charge is 0.328 e. The molecule has 0 heterocycles. The third kappa shape index (κ3) is 2.53. The molecular formula is C15H14O2. The highest BCUT2D eigenvalue weighted by Gasteiger charge is 2.00. The van der Waals surface area contributed by atoms with Gasteiger partial charge in [-0.2, -0.15) is 0 Å². The fraction of sp³-hybridized carbons (Fsp3) is 0.133. The number of hydrogen-bond donors (Lipinski definition) is 1. The second kappa shape index (κ2) is 4.42. The lowest BCUT2D eigenvalue weighted by Gasteiger charge is -2.04. The first-order valence-electron chi connectivity index (χ1n) is 5.48. The lowest BCUT2D eigenvalue weighted by molar-refractivity contribution is -0.131. The van der Waals surface area contributed by atoms with E-state index in [2.05, 4.69) is 25.1 Å². The van der Waals surface area contributed by atoms with E-state index < -0.39 is 5.97 Å². The molecule has 0 aliphatic rings. The van der Waals surface area contributed by atoms with Crippen LogP contribution in [0.25, 0.3) is 16.3 Å². The maximum absolute atomic E-state index is 10.6. The van der Waals surface area contributed by atoms with E-state index in [0.717, 1.165) is 16.5 Å². The number of aryl methyl sites for hydroxylation is 1. The average molecular weight is 226 g/mol. The standard InChI is InChI=1S/C15H14O2/c1-10-3-4-14-9-12(5-6-13(14)7-10)11(2)8-15(16)17/h3-9H,1-2H3,(H,16,17)/b11-8+. The SMILES string of the molecule is C/C(=C\C(=O)O)c1ccc2cc(C)ccc2c1. The zero-order chi connectivity index (χ0) is 12.4. The lowest BCUT2D eigenvalue weighted by Crippen LogP contribution is -1.90. The molecule has 0 aliphatic heterocycles. The van der Waals surface area contributed by atoms with E-state index in [4.69, 9.17) is 5.11 Å². The number of aliphatic carboxylic acids is 1. The predicted octanol–water partition coefficient (Wildman–Crippen LogP) is 3.64. The van der Waals surface area contributed by atoms with Crippen molar-refractivity contribution >= 4 is 22.3 Å². The van der Waals surface area contributed by atoms with Crippen LogP contribution in [0.1, 0.15) is 18.1 Å². The maximum Gasteiger partial charge on any atom is 0.328 e. The molecule has 0 bridgehead atoms. The molecule has 2 nitrogen and oxygen atoms in total. The van der Waals surface area contributed by atoms with Crippen LogP contribution < -0.4 is 0 Å². The third-order valence-corrected chi connectivity index (χ3v) is 2.79. The monoisotopic (exact) mass is 226 g/mol. The van der Waals surface area contributed by atoms with E-state index in [1.165, 1.54) is 17.0 Å². The number of carbonyl (C=O) groups is 1. The highest BCUT2D eigenvalue weighted by Crippen LogP contribution is 2.21. The van der Waals surface area contributed by atoms with Crippen LogP contribution in [0.5, 0.6) is 0 Å². The van der Waals surface area contributed by atoms with Crippen LogP contribution in [-0.2, 0) is 4.79 Å². The maximum atomic E-state index is 10.6. The molecule has 0 aliphatic carbocycles. The fourth-order valence-electron chi connectivity index (χ4n) is 1.88. The van der Waals surface area contributed by atoms with Crippen molar-refractivity contribution in [2.24, 2.45) is 0 Å². The second-order valence-electron chi connectivity index (χ2n) is 4.23. The van der Waals surface area contributed by atoms with Gasteiger partial charge < -0.3 is 5.11 Å². The minimum absolute atomic E-state index is 0.764. The number of hydrogen-bond acceptors (Lipinski definition) is 1. The Hall–Kier alpha value is -2.09. The summed E-state index contributed by atoms with van der Waals surface area (Å²) in [5.41, 5.74) is 2.94. The number of rotatable bonds is 2. The summed E-state index contributed by atoms with van der Waals surface area (Å²) in [5, 5.41) is 11.0. The quantitative estimate of drug-likeness (QED) is 0.794. The Bertz CT molecular complexity index is 609. The zero-order valence-electron chi connectivity index (χ0n) is 9.90. The van der Waals surface area contributed by atoms with Crippen molar-refractivity contribution in [3.63, 3.8) is 0 Å².